The van der Waals surface area contributed by atoms with E-state index in [1.54, 1.807) is 0 Å². The molecule has 1 aromatic rings. The molecule has 0 saturated carbocycles. The Kier molecular flexibility index (Phi) is 4.53. The van der Waals surface area contributed by atoms with E-state index in [4.69, 9.17) is 16.3 Å². The Morgan fingerprint density at radius 3 is 2.63 bits per heavy atom. The molecule has 0 unspecified atom stereocenters. The number of methoxy groups -OCH3 is 1. The Balaban J connectivity index is 3.34. The number of nitrogens with zero attached hydrogens (tertiary/aromatic N) is 1. The number of hydrogen-bond acceptors (Lipinski definition) is 4. The van der Waals surface area contributed by atoms with Gasteiger partial charge in [-0.3, -0.25) is 0 Å². The highest BCUT2D eigenvalue weighted by molar-refractivity contribution is 7.89. The van der Waals surface area contributed by atoms with Crippen LogP contribution in [-0.4, -0.2) is 44.5 Å². The summed E-state index contributed by atoms with van der Waals surface area (Å²) < 4.78 is 30.0. The molecule has 1 aromatic carbocycles. The number of carboxylic acids is 1. The lowest BCUT2D eigenvalue weighted by molar-refractivity contribution is 0.0693. The fraction of sp³-hybridized carbons (Fsp3) is 0.250. The van der Waals surface area contributed by atoms with Gasteiger partial charge in [-0.1, -0.05) is 5.92 Å². The third-order valence-electron chi connectivity index (χ3n) is 2.42. The number of ether oxygens (including phenoxy) is 1. The summed E-state index contributed by atoms with van der Waals surface area (Å²) in [6.07, 6.45) is 5.06. The zero-order chi connectivity index (χ0) is 14.6. The average molecular weight is 283 g/mol. The second kappa shape index (κ2) is 5.73. The van der Waals surface area contributed by atoms with Crippen molar-refractivity contribution in [3.05, 3.63) is 23.8 Å². The van der Waals surface area contributed by atoms with Crippen molar-refractivity contribution in [3.8, 4) is 18.1 Å². The number of carbonyl (C=O) groups is 1. The molecule has 0 bridgehead atoms. The molecule has 6 nitrogen and oxygen atoms in total. The first-order valence-electron chi connectivity index (χ1n) is 5.15. The summed E-state index contributed by atoms with van der Waals surface area (Å²) >= 11 is 0. The van der Waals surface area contributed by atoms with Crippen molar-refractivity contribution in [2.75, 3.05) is 20.7 Å². The van der Waals surface area contributed by atoms with Crippen molar-refractivity contribution >= 4 is 16.0 Å². The number of benzene rings is 1. The Morgan fingerprint density at radius 2 is 2.16 bits per heavy atom. The van der Waals surface area contributed by atoms with Crippen molar-refractivity contribution in [1.29, 1.82) is 0 Å². The maximum atomic E-state index is 12.1. The van der Waals surface area contributed by atoms with Gasteiger partial charge in [-0.15, -0.1) is 6.42 Å². The summed E-state index contributed by atoms with van der Waals surface area (Å²) in [7, 11) is -1.18. The number of sulfonamides is 1. The zero-order valence-corrected chi connectivity index (χ0v) is 11.3. The predicted octanol–water partition coefficient (Wildman–Crippen LogP) is 0.647. The Morgan fingerprint density at radius 1 is 1.53 bits per heavy atom. The van der Waals surface area contributed by atoms with Crippen molar-refractivity contribution in [3.63, 3.8) is 0 Å². The summed E-state index contributed by atoms with van der Waals surface area (Å²) in [6, 6.07) is 3.61. The molecule has 1 N–H and O–H groups in total. The first kappa shape index (κ1) is 15.0. The SMILES string of the molecule is C#CCN(C)S(=O)(=O)c1ccc(OC)c(C(=O)O)c1. The number of terminal acetylenes is 1. The van der Waals surface area contributed by atoms with Crippen LogP contribution in [0.2, 0.25) is 0 Å². The third kappa shape index (κ3) is 3.05. The van der Waals surface area contributed by atoms with Crippen LogP contribution in [0.15, 0.2) is 23.1 Å². The van der Waals surface area contributed by atoms with Crippen molar-refractivity contribution in [1.82, 2.24) is 4.31 Å². The van der Waals surface area contributed by atoms with Crippen LogP contribution in [0.3, 0.4) is 0 Å². The number of aromatic carboxylic acids is 1. The second-order valence-corrected chi connectivity index (χ2v) is 5.68. The van der Waals surface area contributed by atoms with Gasteiger partial charge in [0.05, 0.1) is 18.6 Å². The van der Waals surface area contributed by atoms with Crippen LogP contribution in [0, 0.1) is 12.3 Å². The standard InChI is InChI=1S/C12H13NO5S/c1-4-7-13(2)19(16,17)9-5-6-11(18-3)10(8-9)12(14)15/h1,5-6,8H,7H2,2-3H3,(H,14,15). The highest BCUT2D eigenvalue weighted by Crippen LogP contribution is 2.24. The van der Waals surface area contributed by atoms with Crippen molar-refractivity contribution in [2.24, 2.45) is 0 Å². The fourth-order valence-corrected chi connectivity index (χ4v) is 2.52. The topological polar surface area (TPSA) is 83.9 Å². The molecule has 7 heteroatoms. The normalized spacial score (nSPS) is 11.1. The maximum Gasteiger partial charge on any atom is 0.339 e. The van der Waals surface area contributed by atoms with Gasteiger partial charge in [-0.25, -0.2) is 13.2 Å². The van der Waals surface area contributed by atoms with Gasteiger partial charge in [0, 0.05) is 7.05 Å². The molecule has 0 aliphatic rings. The molecule has 1 rings (SSSR count). The molecule has 19 heavy (non-hydrogen) atoms. The van der Waals surface area contributed by atoms with E-state index >= 15 is 0 Å². The van der Waals surface area contributed by atoms with Crippen molar-refractivity contribution < 1.29 is 23.1 Å². The lowest BCUT2D eigenvalue weighted by Crippen LogP contribution is -2.27. The summed E-state index contributed by atoms with van der Waals surface area (Å²) in [5.41, 5.74) is -0.224. The van der Waals surface area contributed by atoms with Gasteiger partial charge in [-0.2, -0.15) is 4.31 Å². The molecule has 0 aromatic heterocycles. The van der Waals surface area contributed by atoms with Crippen LogP contribution in [0.4, 0.5) is 0 Å². The molecule has 102 valence electrons. The lowest BCUT2D eigenvalue weighted by atomic mass is 10.2. The number of carboxylic acid groups (broad SMARTS) is 1. The van der Waals surface area contributed by atoms with E-state index in [1.165, 1.54) is 26.3 Å². The molecule has 0 aliphatic heterocycles. The van der Waals surface area contributed by atoms with E-state index < -0.39 is 16.0 Å². The minimum absolute atomic E-state index is 0.0889. The average Bonchev–Trinajstić information content (AvgIpc) is 2.38. The van der Waals surface area contributed by atoms with Gasteiger partial charge >= 0.3 is 5.97 Å². The van der Waals surface area contributed by atoms with E-state index in [-0.39, 0.29) is 22.8 Å². The molecule has 0 spiro atoms. The molecule has 0 saturated heterocycles. The van der Waals surface area contributed by atoms with E-state index in [0.717, 1.165) is 10.4 Å². The van der Waals surface area contributed by atoms with E-state index in [0.29, 0.717) is 0 Å². The summed E-state index contributed by atoms with van der Waals surface area (Å²) in [6.45, 7) is -0.100. The summed E-state index contributed by atoms with van der Waals surface area (Å²) in [5.74, 6) is 1.03. The Bertz CT molecular complexity index is 630. The van der Waals surface area contributed by atoms with Gasteiger partial charge in [-0.05, 0) is 18.2 Å². The predicted molar refractivity (Wildman–Crippen MR) is 68.6 cm³/mol. The molecule has 0 fully saturated rings. The molecular weight excluding hydrogens is 270 g/mol. The Hall–Kier alpha value is -2.04. The largest absolute Gasteiger partial charge is 0.496 e. The quantitative estimate of drug-likeness (QED) is 0.802. The van der Waals surface area contributed by atoms with Crippen LogP contribution < -0.4 is 4.74 Å². The summed E-state index contributed by atoms with van der Waals surface area (Å²) in [4.78, 5) is 10.9. The van der Waals surface area contributed by atoms with E-state index in [2.05, 4.69) is 5.92 Å². The van der Waals surface area contributed by atoms with Gasteiger partial charge in [0.15, 0.2) is 0 Å². The minimum atomic E-state index is -3.81. The van der Waals surface area contributed by atoms with Gasteiger partial charge in [0.1, 0.15) is 11.3 Å². The number of hydrogen-bond donors (Lipinski definition) is 1. The van der Waals surface area contributed by atoms with Crippen LogP contribution in [0.5, 0.6) is 5.75 Å². The van der Waals surface area contributed by atoms with Crippen LogP contribution >= 0.6 is 0 Å². The molecular formula is C12H13NO5S. The molecule has 0 heterocycles. The minimum Gasteiger partial charge on any atom is -0.496 e. The van der Waals surface area contributed by atoms with Crippen LogP contribution in [-0.2, 0) is 10.0 Å². The Labute approximate surface area is 111 Å². The summed E-state index contributed by atoms with van der Waals surface area (Å²) in [5, 5.41) is 9.01. The monoisotopic (exact) mass is 283 g/mol. The first-order valence-corrected chi connectivity index (χ1v) is 6.59. The molecule has 0 radical (unpaired) electrons. The maximum absolute atomic E-state index is 12.1. The van der Waals surface area contributed by atoms with Crippen LogP contribution in [0.25, 0.3) is 0 Å². The van der Waals surface area contributed by atoms with Gasteiger partial charge < -0.3 is 9.84 Å². The second-order valence-electron chi connectivity index (χ2n) is 3.63. The van der Waals surface area contributed by atoms with Crippen molar-refractivity contribution in [2.45, 2.75) is 4.90 Å². The molecule has 0 atom stereocenters. The first-order chi connectivity index (χ1) is 8.84. The van der Waals surface area contributed by atoms with E-state index in [1.807, 2.05) is 0 Å². The highest BCUT2D eigenvalue weighted by atomic mass is 32.2. The lowest BCUT2D eigenvalue weighted by Gasteiger charge is -2.15. The third-order valence-corrected chi connectivity index (χ3v) is 4.22. The molecule has 0 amide bonds. The van der Waals surface area contributed by atoms with Crippen LogP contribution in [0.1, 0.15) is 10.4 Å². The zero-order valence-electron chi connectivity index (χ0n) is 10.5. The van der Waals surface area contributed by atoms with E-state index in [9.17, 15) is 13.2 Å². The fourth-order valence-electron chi connectivity index (χ4n) is 1.41. The molecule has 0 aliphatic carbocycles. The smallest absolute Gasteiger partial charge is 0.339 e. The number of rotatable bonds is 5. The van der Waals surface area contributed by atoms with Gasteiger partial charge in [0.25, 0.3) is 0 Å². The van der Waals surface area contributed by atoms with Gasteiger partial charge in [0.2, 0.25) is 10.0 Å². The highest BCUT2D eigenvalue weighted by Gasteiger charge is 2.23.